The maximum Gasteiger partial charge on any atom is 0.135 e. The number of hydrogen-bond acceptors (Lipinski definition) is 3. The summed E-state index contributed by atoms with van der Waals surface area (Å²) in [6, 6.07) is 36.9. The molecule has 0 aliphatic heterocycles. The molecule has 0 aliphatic rings. The van der Waals surface area contributed by atoms with E-state index in [1.165, 1.54) is 0 Å². The summed E-state index contributed by atoms with van der Waals surface area (Å²) >= 11 is 0. The SMILES string of the molecule is N#Cc1cccc(-c2ccc3oc4ccc(-c5ccc6oc7ccccc7c6c5)cc4c3c2)c1. The Kier molecular flexibility index (Phi) is 3.91. The van der Waals surface area contributed by atoms with Crippen molar-refractivity contribution in [3.8, 4) is 28.3 Å². The normalized spacial score (nSPS) is 11.5. The highest BCUT2D eigenvalue weighted by Gasteiger charge is 2.12. The van der Waals surface area contributed by atoms with E-state index >= 15 is 0 Å². The van der Waals surface area contributed by atoms with Crippen LogP contribution in [0.15, 0.2) is 112 Å². The van der Waals surface area contributed by atoms with Crippen LogP contribution in [-0.4, -0.2) is 0 Å². The van der Waals surface area contributed by atoms with Crippen LogP contribution >= 0.6 is 0 Å². The number of rotatable bonds is 2. The summed E-state index contributed by atoms with van der Waals surface area (Å²) in [5.41, 5.74) is 8.49. The molecule has 7 aromatic rings. The zero-order valence-electron chi connectivity index (χ0n) is 18.1. The Bertz CT molecular complexity index is 1930. The molecule has 2 heterocycles. The Labute approximate surface area is 195 Å². The summed E-state index contributed by atoms with van der Waals surface area (Å²) in [6.07, 6.45) is 0. The standard InChI is InChI=1S/C31H17NO2/c32-18-19-4-3-5-20(14-19)21-8-12-30-26(16-21)27-17-23(10-13-31(27)34-30)22-9-11-29-25(15-22)24-6-1-2-7-28(24)33-29/h1-17H. The van der Waals surface area contributed by atoms with E-state index in [2.05, 4.69) is 42.5 Å². The molecular formula is C31H17NO2. The number of hydrogen-bond donors (Lipinski definition) is 0. The van der Waals surface area contributed by atoms with E-state index in [0.29, 0.717) is 5.56 Å². The number of fused-ring (bicyclic) bond motifs is 6. The van der Waals surface area contributed by atoms with Gasteiger partial charge in [-0.15, -0.1) is 0 Å². The van der Waals surface area contributed by atoms with Crippen LogP contribution in [0.3, 0.4) is 0 Å². The molecule has 0 amide bonds. The Morgan fingerprint density at radius 2 is 0.941 bits per heavy atom. The minimum absolute atomic E-state index is 0.652. The molecule has 0 fully saturated rings. The van der Waals surface area contributed by atoms with Gasteiger partial charge in [0.05, 0.1) is 11.6 Å². The Morgan fingerprint density at radius 1 is 0.441 bits per heavy atom. The van der Waals surface area contributed by atoms with E-state index in [1.54, 1.807) is 0 Å². The lowest BCUT2D eigenvalue weighted by molar-refractivity contribution is 0.668. The van der Waals surface area contributed by atoms with E-state index in [9.17, 15) is 5.26 Å². The molecule has 0 aliphatic carbocycles. The smallest absolute Gasteiger partial charge is 0.135 e. The van der Waals surface area contributed by atoms with Crippen molar-refractivity contribution in [2.45, 2.75) is 0 Å². The number of nitrogens with zero attached hydrogens (tertiary/aromatic N) is 1. The summed E-state index contributed by atoms with van der Waals surface area (Å²) in [4.78, 5) is 0. The van der Waals surface area contributed by atoms with Crippen LogP contribution in [0, 0.1) is 11.3 Å². The molecule has 3 nitrogen and oxygen atoms in total. The molecule has 0 saturated heterocycles. The predicted octanol–water partition coefficient (Wildman–Crippen LogP) is 8.69. The first-order valence-corrected chi connectivity index (χ1v) is 11.2. The molecule has 0 unspecified atom stereocenters. The molecule has 158 valence electrons. The first-order valence-electron chi connectivity index (χ1n) is 11.2. The summed E-state index contributed by atoms with van der Waals surface area (Å²) in [5.74, 6) is 0. The summed E-state index contributed by atoms with van der Waals surface area (Å²) in [6.45, 7) is 0. The summed E-state index contributed by atoms with van der Waals surface area (Å²) in [7, 11) is 0. The second-order valence-corrected chi connectivity index (χ2v) is 8.53. The van der Waals surface area contributed by atoms with Gasteiger partial charge in [0.1, 0.15) is 22.3 Å². The highest BCUT2D eigenvalue weighted by Crippen LogP contribution is 2.37. The minimum atomic E-state index is 0.652. The van der Waals surface area contributed by atoms with Crippen LogP contribution in [0.5, 0.6) is 0 Å². The van der Waals surface area contributed by atoms with Crippen molar-refractivity contribution >= 4 is 43.9 Å². The van der Waals surface area contributed by atoms with E-state index in [1.807, 2.05) is 66.7 Å². The van der Waals surface area contributed by atoms with Gasteiger partial charge in [0.15, 0.2) is 0 Å². The van der Waals surface area contributed by atoms with Gasteiger partial charge >= 0.3 is 0 Å². The van der Waals surface area contributed by atoms with Crippen molar-refractivity contribution in [1.29, 1.82) is 5.26 Å². The molecule has 7 rings (SSSR count). The monoisotopic (exact) mass is 435 g/mol. The second kappa shape index (κ2) is 7.10. The van der Waals surface area contributed by atoms with Gasteiger partial charge in [0, 0.05) is 21.5 Å². The Balaban J connectivity index is 1.40. The zero-order valence-corrected chi connectivity index (χ0v) is 18.1. The maximum absolute atomic E-state index is 9.27. The van der Waals surface area contributed by atoms with Gasteiger partial charge in [-0.2, -0.15) is 5.26 Å². The number of benzene rings is 5. The first kappa shape index (κ1) is 18.7. The van der Waals surface area contributed by atoms with Crippen LogP contribution in [0.25, 0.3) is 66.1 Å². The van der Waals surface area contributed by atoms with Gasteiger partial charge in [0.25, 0.3) is 0 Å². The van der Waals surface area contributed by atoms with Crippen LogP contribution in [0.1, 0.15) is 5.56 Å². The molecule has 5 aromatic carbocycles. The van der Waals surface area contributed by atoms with Crippen molar-refractivity contribution in [1.82, 2.24) is 0 Å². The molecule has 0 N–H and O–H groups in total. The Hall–Kier alpha value is -4.81. The van der Waals surface area contributed by atoms with Gasteiger partial charge in [-0.05, 0) is 76.9 Å². The third kappa shape index (κ3) is 2.83. The van der Waals surface area contributed by atoms with Gasteiger partial charge in [-0.1, -0.05) is 48.5 Å². The molecule has 0 spiro atoms. The first-order chi connectivity index (χ1) is 16.8. The topological polar surface area (TPSA) is 50.1 Å². The average Bonchev–Trinajstić information content (AvgIpc) is 3.45. The molecule has 34 heavy (non-hydrogen) atoms. The van der Waals surface area contributed by atoms with Crippen molar-refractivity contribution in [3.63, 3.8) is 0 Å². The lowest BCUT2D eigenvalue weighted by atomic mass is 9.99. The zero-order chi connectivity index (χ0) is 22.6. The second-order valence-electron chi connectivity index (χ2n) is 8.53. The molecule has 2 aromatic heterocycles. The predicted molar refractivity (Wildman–Crippen MR) is 137 cm³/mol. The van der Waals surface area contributed by atoms with Crippen LogP contribution in [0.4, 0.5) is 0 Å². The minimum Gasteiger partial charge on any atom is -0.456 e. The lowest BCUT2D eigenvalue weighted by Crippen LogP contribution is -1.80. The largest absolute Gasteiger partial charge is 0.456 e. The fourth-order valence-corrected chi connectivity index (χ4v) is 4.81. The van der Waals surface area contributed by atoms with Crippen LogP contribution < -0.4 is 0 Å². The van der Waals surface area contributed by atoms with Gasteiger partial charge in [-0.3, -0.25) is 0 Å². The number of furan rings is 2. The quantitative estimate of drug-likeness (QED) is 0.273. The van der Waals surface area contributed by atoms with Crippen molar-refractivity contribution in [2.24, 2.45) is 0 Å². The summed E-state index contributed by atoms with van der Waals surface area (Å²) < 4.78 is 12.1. The van der Waals surface area contributed by atoms with E-state index in [0.717, 1.165) is 66.1 Å². The fourth-order valence-electron chi connectivity index (χ4n) is 4.81. The highest BCUT2D eigenvalue weighted by molar-refractivity contribution is 6.09. The summed E-state index contributed by atoms with van der Waals surface area (Å²) in [5, 5.41) is 13.6. The molecule has 0 atom stereocenters. The maximum atomic E-state index is 9.27. The number of para-hydroxylation sites is 1. The van der Waals surface area contributed by atoms with Crippen molar-refractivity contribution < 1.29 is 8.83 Å². The lowest BCUT2D eigenvalue weighted by Gasteiger charge is -2.04. The Morgan fingerprint density at radius 3 is 1.53 bits per heavy atom. The number of nitriles is 1. The highest BCUT2D eigenvalue weighted by atomic mass is 16.3. The average molecular weight is 435 g/mol. The molecule has 0 radical (unpaired) electrons. The fraction of sp³-hybridized carbons (Fsp3) is 0. The molecule has 0 saturated carbocycles. The van der Waals surface area contributed by atoms with Crippen molar-refractivity contribution in [3.05, 3.63) is 109 Å². The molecule has 3 heteroatoms. The van der Waals surface area contributed by atoms with E-state index < -0.39 is 0 Å². The van der Waals surface area contributed by atoms with Crippen LogP contribution in [0.2, 0.25) is 0 Å². The molecular weight excluding hydrogens is 418 g/mol. The third-order valence-corrected chi connectivity index (χ3v) is 6.50. The van der Waals surface area contributed by atoms with Gasteiger partial charge < -0.3 is 8.83 Å². The third-order valence-electron chi connectivity index (χ3n) is 6.50. The van der Waals surface area contributed by atoms with Gasteiger partial charge in [0.2, 0.25) is 0 Å². The van der Waals surface area contributed by atoms with Gasteiger partial charge in [-0.25, -0.2) is 0 Å². The molecule has 0 bridgehead atoms. The van der Waals surface area contributed by atoms with Crippen LogP contribution in [-0.2, 0) is 0 Å². The van der Waals surface area contributed by atoms with E-state index in [4.69, 9.17) is 8.83 Å². The van der Waals surface area contributed by atoms with Crippen molar-refractivity contribution in [2.75, 3.05) is 0 Å². The van der Waals surface area contributed by atoms with E-state index in [-0.39, 0.29) is 0 Å².